The van der Waals surface area contributed by atoms with Crippen LogP contribution in [0.2, 0.25) is 0 Å². The molecule has 0 radical (unpaired) electrons. The van der Waals surface area contributed by atoms with E-state index in [1.165, 1.54) is 11.3 Å². The molecule has 0 spiro atoms. The molecule has 2 amide bonds. The molecular formula is C25H23N3O3S. The molecule has 0 fully saturated rings. The monoisotopic (exact) mass is 445 g/mol. The first-order chi connectivity index (χ1) is 15.7. The number of pyridine rings is 1. The maximum Gasteiger partial charge on any atom is 0.261 e. The number of nitrogens with zero attached hydrogens (tertiary/aromatic N) is 1. The number of para-hydroxylation sites is 1. The van der Waals surface area contributed by atoms with Crippen molar-refractivity contribution in [1.82, 2.24) is 15.6 Å². The molecule has 162 valence electrons. The van der Waals surface area contributed by atoms with E-state index in [1.54, 1.807) is 24.4 Å². The number of benzene rings is 2. The van der Waals surface area contributed by atoms with E-state index in [4.69, 9.17) is 4.74 Å². The number of carbonyl (C=O) groups excluding carboxylic acids is 2. The lowest BCUT2D eigenvalue weighted by molar-refractivity contribution is 0.0943. The molecular weight excluding hydrogens is 422 g/mol. The van der Waals surface area contributed by atoms with Gasteiger partial charge in [0.15, 0.2) is 0 Å². The summed E-state index contributed by atoms with van der Waals surface area (Å²) in [6, 6.07) is 20.6. The quantitative estimate of drug-likeness (QED) is 0.374. The van der Waals surface area contributed by atoms with Crippen LogP contribution in [0.25, 0.3) is 10.9 Å². The Morgan fingerprint density at radius 3 is 2.56 bits per heavy atom. The molecule has 0 unspecified atom stereocenters. The summed E-state index contributed by atoms with van der Waals surface area (Å²) in [5, 5.41) is 8.69. The van der Waals surface area contributed by atoms with E-state index < -0.39 is 0 Å². The zero-order chi connectivity index (χ0) is 22.2. The molecule has 4 rings (SSSR count). The highest BCUT2D eigenvalue weighted by Gasteiger charge is 2.08. The Morgan fingerprint density at radius 1 is 0.906 bits per heavy atom. The third-order valence-electron chi connectivity index (χ3n) is 4.87. The van der Waals surface area contributed by atoms with Gasteiger partial charge in [-0.05, 0) is 47.7 Å². The smallest absolute Gasteiger partial charge is 0.261 e. The summed E-state index contributed by atoms with van der Waals surface area (Å²) in [7, 11) is 0. The van der Waals surface area contributed by atoms with Crippen molar-refractivity contribution in [3.8, 4) is 5.75 Å². The van der Waals surface area contributed by atoms with E-state index in [0.29, 0.717) is 36.6 Å². The van der Waals surface area contributed by atoms with Gasteiger partial charge in [0.25, 0.3) is 11.8 Å². The van der Waals surface area contributed by atoms with Crippen LogP contribution in [-0.2, 0) is 6.54 Å². The maximum atomic E-state index is 12.4. The fourth-order valence-corrected chi connectivity index (χ4v) is 3.84. The average Bonchev–Trinajstić information content (AvgIpc) is 3.38. The fourth-order valence-electron chi connectivity index (χ4n) is 3.20. The van der Waals surface area contributed by atoms with Gasteiger partial charge in [-0.1, -0.05) is 36.4 Å². The summed E-state index contributed by atoms with van der Waals surface area (Å²) in [6.45, 7) is 1.41. The van der Waals surface area contributed by atoms with Crippen molar-refractivity contribution in [2.75, 3.05) is 13.2 Å². The Morgan fingerprint density at radius 2 is 1.75 bits per heavy atom. The highest BCUT2D eigenvalue weighted by Crippen LogP contribution is 2.22. The number of ether oxygens (including phenoxy) is 1. The van der Waals surface area contributed by atoms with Crippen LogP contribution < -0.4 is 15.4 Å². The van der Waals surface area contributed by atoms with Crippen molar-refractivity contribution < 1.29 is 14.3 Å². The van der Waals surface area contributed by atoms with E-state index in [1.807, 2.05) is 53.9 Å². The van der Waals surface area contributed by atoms with Crippen LogP contribution in [0.15, 0.2) is 78.3 Å². The largest absolute Gasteiger partial charge is 0.491 e. The number of hydrogen-bond acceptors (Lipinski definition) is 5. The van der Waals surface area contributed by atoms with E-state index in [9.17, 15) is 9.59 Å². The maximum absolute atomic E-state index is 12.4. The molecule has 7 heteroatoms. The Kier molecular flexibility index (Phi) is 7.09. The number of rotatable bonds is 9. The zero-order valence-electron chi connectivity index (χ0n) is 17.4. The summed E-state index contributed by atoms with van der Waals surface area (Å²) in [6.07, 6.45) is 2.43. The SMILES string of the molecule is O=C(NCCCOc1cccc2cccnc12)c1ccc(CNC(=O)c2cccs2)cc1. The molecule has 0 saturated heterocycles. The van der Waals surface area contributed by atoms with Crippen LogP contribution in [0.3, 0.4) is 0 Å². The van der Waals surface area contributed by atoms with Gasteiger partial charge < -0.3 is 15.4 Å². The minimum Gasteiger partial charge on any atom is -0.491 e. The van der Waals surface area contributed by atoms with E-state index in [-0.39, 0.29) is 11.8 Å². The second-order valence-corrected chi connectivity index (χ2v) is 8.09. The lowest BCUT2D eigenvalue weighted by Crippen LogP contribution is -2.25. The highest BCUT2D eigenvalue weighted by atomic mass is 32.1. The van der Waals surface area contributed by atoms with Crippen LogP contribution in [0.1, 0.15) is 32.0 Å². The number of aromatic nitrogens is 1. The molecule has 0 aliphatic rings. The number of nitrogens with one attached hydrogen (secondary N) is 2. The Balaban J connectivity index is 1.19. The Hall–Kier alpha value is -3.71. The van der Waals surface area contributed by atoms with Crippen molar-refractivity contribution >= 4 is 34.1 Å². The molecule has 6 nitrogen and oxygen atoms in total. The third-order valence-corrected chi connectivity index (χ3v) is 5.74. The summed E-state index contributed by atoms with van der Waals surface area (Å²) in [4.78, 5) is 29.4. The van der Waals surface area contributed by atoms with Gasteiger partial charge >= 0.3 is 0 Å². The summed E-state index contributed by atoms with van der Waals surface area (Å²) >= 11 is 1.41. The van der Waals surface area contributed by atoms with Gasteiger partial charge in [-0.15, -0.1) is 11.3 Å². The standard InChI is InChI=1S/C25H23N3O3S/c29-24(20-11-9-18(10-12-20)17-28-25(30)22-8-3-16-32-22)27-14-4-15-31-21-7-1-5-19-6-2-13-26-23(19)21/h1-3,5-13,16H,4,14-15,17H2,(H,27,29)(H,28,30). The summed E-state index contributed by atoms with van der Waals surface area (Å²) < 4.78 is 5.85. The van der Waals surface area contributed by atoms with Crippen LogP contribution in [-0.4, -0.2) is 29.9 Å². The second kappa shape index (κ2) is 10.5. The third kappa shape index (κ3) is 5.50. The first-order valence-corrected chi connectivity index (χ1v) is 11.2. The van der Waals surface area contributed by atoms with E-state index in [2.05, 4.69) is 15.6 Å². The number of amides is 2. The number of carbonyl (C=O) groups is 2. The predicted octanol–water partition coefficient (Wildman–Crippen LogP) is 4.43. The van der Waals surface area contributed by atoms with Gasteiger partial charge in [-0.3, -0.25) is 14.6 Å². The molecule has 4 aromatic rings. The minimum absolute atomic E-state index is 0.0941. The number of fused-ring (bicyclic) bond motifs is 1. The molecule has 2 N–H and O–H groups in total. The fraction of sp³-hybridized carbons (Fsp3) is 0.160. The summed E-state index contributed by atoms with van der Waals surface area (Å²) in [5.74, 6) is 0.519. The second-order valence-electron chi connectivity index (χ2n) is 7.15. The zero-order valence-corrected chi connectivity index (χ0v) is 18.2. The molecule has 0 aliphatic carbocycles. The molecule has 0 aliphatic heterocycles. The molecule has 2 heterocycles. The van der Waals surface area contributed by atoms with Crippen molar-refractivity contribution in [2.45, 2.75) is 13.0 Å². The molecule has 2 aromatic carbocycles. The van der Waals surface area contributed by atoms with Gasteiger partial charge in [-0.2, -0.15) is 0 Å². The van der Waals surface area contributed by atoms with Gasteiger partial charge in [0.1, 0.15) is 11.3 Å². The minimum atomic E-state index is -0.133. The van der Waals surface area contributed by atoms with Crippen molar-refractivity contribution in [3.63, 3.8) is 0 Å². The average molecular weight is 446 g/mol. The van der Waals surface area contributed by atoms with Crippen LogP contribution >= 0.6 is 11.3 Å². The Bertz CT molecular complexity index is 1190. The molecule has 0 bridgehead atoms. The molecule has 2 aromatic heterocycles. The molecule has 0 atom stereocenters. The van der Waals surface area contributed by atoms with Gasteiger partial charge in [0.2, 0.25) is 0 Å². The van der Waals surface area contributed by atoms with Gasteiger partial charge in [0, 0.05) is 30.2 Å². The first-order valence-electron chi connectivity index (χ1n) is 10.4. The van der Waals surface area contributed by atoms with Crippen LogP contribution in [0.5, 0.6) is 5.75 Å². The summed E-state index contributed by atoms with van der Waals surface area (Å²) in [5.41, 5.74) is 2.35. The highest BCUT2D eigenvalue weighted by molar-refractivity contribution is 7.12. The van der Waals surface area contributed by atoms with Gasteiger partial charge in [0.05, 0.1) is 11.5 Å². The van der Waals surface area contributed by atoms with Crippen molar-refractivity contribution in [2.24, 2.45) is 0 Å². The van der Waals surface area contributed by atoms with Crippen LogP contribution in [0.4, 0.5) is 0 Å². The van der Waals surface area contributed by atoms with Gasteiger partial charge in [-0.25, -0.2) is 0 Å². The normalized spacial score (nSPS) is 10.6. The lowest BCUT2D eigenvalue weighted by atomic mass is 10.1. The topological polar surface area (TPSA) is 80.3 Å². The van der Waals surface area contributed by atoms with E-state index >= 15 is 0 Å². The molecule has 32 heavy (non-hydrogen) atoms. The van der Waals surface area contributed by atoms with Crippen molar-refractivity contribution in [3.05, 3.63) is 94.3 Å². The predicted molar refractivity (Wildman–Crippen MR) is 126 cm³/mol. The van der Waals surface area contributed by atoms with Crippen molar-refractivity contribution in [1.29, 1.82) is 0 Å². The number of hydrogen-bond donors (Lipinski definition) is 2. The lowest BCUT2D eigenvalue weighted by Gasteiger charge is -2.10. The first kappa shape index (κ1) is 21.5. The number of thiophene rings is 1. The van der Waals surface area contributed by atoms with Crippen LogP contribution in [0, 0.1) is 0 Å². The molecule has 0 saturated carbocycles. The van der Waals surface area contributed by atoms with E-state index in [0.717, 1.165) is 22.2 Å². The Labute approximate surface area is 190 Å².